The number of hydrogen-bond acceptors (Lipinski definition) is 2. The molecule has 1 aromatic rings. The van der Waals surface area contributed by atoms with Gasteiger partial charge in [-0.05, 0) is 23.8 Å². The third-order valence-electron chi connectivity index (χ3n) is 2.45. The normalized spacial score (nSPS) is 16.2. The molecular formula is C11H11ClN2OS. The molecule has 0 aliphatic carbocycles. The largest absolute Gasteiger partial charge is 0.362 e. The van der Waals surface area contributed by atoms with Crippen molar-refractivity contribution in [3.8, 4) is 0 Å². The molecule has 0 spiro atoms. The van der Waals surface area contributed by atoms with Crippen molar-refractivity contribution in [2.75, 3.05) is 6.54 Å². The van der Waals surface area contributed by atoms with E-state index in [1.54, 1.807) is 4.90 Å². The second-order valence-electron chi connectivity index (χ2n) is 3.55. The molecule has 1 amide bonds. The van der Waals surface area contributed by atoms with Crippen molar-refractivity contribution < 1.29 is 4.79 Å². The minimum Gasteiger partial charge on any atom is -0.362 e. The highest BCUT2D eigenvalue weighted by Crippen LogP contribution is 2.18. The van der Waals surface area contributed by atoms with Gasteiger partial charge in [-0.25, -0.2) is 0 Å². The molecule has 2 rings (SSSR count). The van der Waals surface area contributed by atoms with Crippen LogP contribution in [0.2, 0.25) is 5.02 Å². The molecule has 0 bridgehead atoms. The van der Waals surface area contributed by atoms with Crippen molar-refractivity contribution in [3.63, 3.8) is 0 Å². The van der Waals surface area contributed by atoms with E-state index in [2.05, 4.69) is 5.32 Å². The molecule has 0 saturated carbocycles. The number of amides is 1. The van der Waals surface area contributed by atoms with Crippen molar-refractivity contribution in [1.29, 1.82) is 0 Å². The Morgan fingerprint density at radius 2 is 2.19 bits per heavy atom. The summed E-state index contributed by atoms with van der Waals surface area (Å²) in [6.07, 6.45) is 0.477. The first-order valence-corrected chi connectivity index (χ1v) is 5.78. The van der Waals surface area contributed by atoms with Crippen LogP contribution < -0.4 is 5.32 Å². The zero-order valence-electron chi connectivity index (χ0n) is 8.57. The molecule has 0 radical (unpaired) electrons. The zero-order valence-corrected chi connectivity index (χ0v) is 10.1. The van der Waals surface area contributed by atoms with Gasteiger partial charge in [0.2, 0.25) is 5.91 Å². The maximum Gasteiger partial charge on any atom is 0.230 e. The van der Waals surface area contributed by atoms with Crippen molar-refractivity contribution in [2.24, 2.45) is 0 Å². The average Bonchev–Trinajstić information content (AvgIpc) is 2.26. The van der Waals surface area contributed by atoms with E-state index in [1.165, 1.54) is 0 Å². The van der Waals surface area contributed by atoms with Gasteiger partial charge in [0.05, 0.1) is 6.54 Å². The van der Waals surface area contributed by atoms with Crippen LogP contribution in [0.3, 0.4) is 0 Å². The summed E-state index contributed by atoms with van der Waals surface area (Å²) in [4.78, 5) is 13.2. The van der Waals surface area contributed by atoms with Crippen LogP contribution in [0, 0.1) is 0 Å². The van der Waals surface area contributed by atoms with Gasteiger partial charge in [-0.2, -0.15) is 0 Å². The molecule has 5 heteroatoms. The molecule has 1 fully saturated rings. The molecular weight excluding hydrogens is 244 g/mol. The summed E-state index contributed by atoms with van der Waals surface area (Å²) >= 11 is 11.1. The fraction of sp³-hybridized carbons (Fsp3) is 0.273. The predicted molar refractivity (Wildman–Crippen MR) is 67.2 cm³/mol. The summed E-state index contributed by atoms with van der Waals surface area (Å²) in [5.74, 6) is 0.0451. The quantitative estimate of drug-likeness (QED) is 0.819. The lowest BCUT2D eigenvalue weighted by atomic mass is 10.2. The topological polar surface area (TPSA) is 32.3 Å². The first-order chi connectivity index (χ1) is 7.68. The van der Waals surface area contributed by atoms with Gasteiger partial charge >= 0.3 is 0 Å². The molecule has 0 unspecified atom stereocenters. The van der Waals surface area contributed by atoms with Crippen molar-refractivity contribution >= 4 is 34.8 Å². The predicted octanol–water partition coefficient (Wildman–Crippen LogP) is 1.95. The molecule has 0 atom stereocenters. The summed E-state index contributed by atoms with van der Waals surface area (Å²) in [7, 11) is 0. The Morgan fingerprint density at radius 3 is 2.88 bits per heavy atom. The van der Waals surface area contributed by atoms with E-state index in [0.29, 0.717) is 29.6 Å². The molecule has 1 aliphatic rings. The monoisotopic (exact) mass is 254 g/mol. The zero-order chi connectivity index (χ0) is 11.5. The molecule has 1 aromatic carbocycles. The number of benzene rings is 1. The average molecular weight is 255 g/mol. The Balaban J connectivity index is 2.17. The first-order valence-electron chi connectivity index (χ1n) is 5.00. The van der Waals surface area contributed by atoms with E-state index >= 15 is 0 Å². The van der Waals surface area contributed by atoms with Crippen LogP contribution in [0.5, 0.6) is 0 Å². The lowest BCUT2D eigenvalue weighted by Gasteiger charge is -2.28. The number of carbonyl (C=O) groups is 1. The summed E-state index contributed by atoms with van der Waals surface area (Å²) in [6, 6.07) is 7.46. The van der Waals surface area contributed by atoms with Crippen LogP contribution in [0.25, 0.3) is 0 Å². The van der Waals surface area contributed by atoms with Crippen LogP contribution in [-0.4, -0.2) is 22.5 Å². The SMILES string of the molecule is O=C1CCNC(=S)N1Cc1ccccc1Cl. The number of nitrogens with zero attached hydrogens (tertiary/aromatic N) is 1. The van der Waals surface area contributed by atoms with Gasteiger partial charge in [0.15, 0.2) is 5.11 Å². The summed E-state index contributed by atoms with van der Waals surface area (Å²) < 4.78 is 0. The number of nitrogens with one attached hydrogen (secondary N) is 1. The minimum atomic E-state index is 0.0451. The lowest BCUT2D eigenvalue weighted by molar-refractivity contribution is -0.128. The number of thiocarbonyl (C=S) groups is 1. The Kier molecular flexibility index (Phi) is 3.41. The van der Waals surface area contributed by atoms with Crippen molar-refractivity contribution in [2.45, 2.75) is 13.0 Å². The molecule has 1 aliphatic heterocycles. The Morgan fingerprint density at radius 1 is 1.44 bits per heavy atom. The smallest absolute Gasteiger partial charge is 0.230 e. The van der Waals surface area contributed by atoms with E-state index in [1.807, 2.05) is 24.3 Å². The highest BCUT2D eigenvalue weighted by Gasteiger charge is 2.23. The molecule has 16 heavy (non-hydrogen) atoms. The third kappa shape index (κ3) is 2.33. The van der Waals surface area contributed by atoms with Gasteiger partial charge in [-0.1, -0.05) is 29.8 Å². The second-order valence-corrected chi connectivity index (χ2v) is 4.35. The molecule has 3 nitrogen and oxygen atoms in total. The third-order valence-corrected chi connectivity index (χ3v) is 3.18. The van der Waals surface area contributed by atoms with E-state index in [9.17, 15) is 4.79 Å². The van der Waals surface area contributed by atoms with E-state index in [-0.39, 0.29) is 5.91 Å². The number of halogens is 1. The van der Waals surface area contributed by atoms with Gasteiger partial charge < -0.3 is 5.32 Å². The first kappa shape index (κ1) is 11.4. The van der Waals surface area contributed by atoms with Crippen molar-refractivity contribution in [1.82, 2.24) is 10.2 Å². The van der Waals surface area contributed by atoms with Gasteiger partial charge in [0, 0.05) is 18.0 Å². The fourth-order valence-corrected chi connectivity index (χ4v) is 2.04. The lowest BCUT2D eigenvalue weighted by Crippen LogP contribution is -2.49. The minimum absolute atomic E-state index is 0.0451. The standard InChI is InChI=1S/C11H11ClN2OS/c12-9-4-2-1-3-8(9)7-14-10(15)5-6-13-11(14)16/h1-4H,5-7H2,(H,13,16). The Hall–Kier alpha value is -1.13. The van der Waals surface area contributed by atoms with E-state index < -0.39 is 0 Å². The Bertz CT molecular complexity index is 420. The fourth-order valence-electron chi connectivity index (χ4n) is 1.58. The molecule has 1 N–H and O–H groups in total. The van der Waals surface area contributed by atoms with Crippen LogP contribution >= 0.6 is 23.8 Å². The van der Waals surface area contributed by atoms with Crippen LogP contribution in [0.1, 0.15) is 12.0 Å². The molecule has 0 aromatic heterocycles. The van der Waals surface area contributed by atoms with Crippen LogP contribution in [0.15, 0.2) is 24.3 Å². The molecule has 1 saturated heterocycles. The second kappa shape index (κ2) is 4.80. The summed E-state index contributed by atoms with van der Waals surface area (Å²) in [5, 5.41) is 4.13. The van der Waals surface area contributed by atoms with Crippen LogP contribution in [-0.2, 0) is 11.3 Å². The number of carbonyl (C=O) groups excluding carboxylic acids is 1. The van der Waals surface area contributed by atoms with Crippen molar-refractivity contribution in [3.05, 3.63) is 34.9 Å². The highest BCUT2D eigenvalue weighted by molar-refractivity contribution is 7.80. The van der Waals surface area contributed by atoms with E-state index in [4.69, 9.17) is 23.8 Å². The van der Waals surface area contributed by atoms with Gasteiger partial charge in [0.1, 0.15) is 0 Å². The molecule has 1 heterocycles. The van der Waals surface area contributed by atoms with Gasteiger partial charge in [-0.3, -0.25) is 9.69 Å². The van der Waals surface area contributed by atoms with E-state index in [0.717, 1.165) is 5.56 Å². The molecule has 84 valence electrons. The Labute approximate surface area is 104 Å². The summed E-state index contributed by atoms with van der Waals surface area (Å²) in [6.45, 7) is 1.06. The van der Waals surface area contributed by atoms with Crippen LogP contribution in [0.4, 0.5) is 0 Å². The van der Waals surface area contributed by atoms with Gasteiger partial charge in [0.25, 0.3) is 0 Å². The number of rotatable bonds is 2. The maximum absolute atomic E-state index is 11.7. The highest BCUT2D eigenvalue weighted by atomic mass is 35.5. The number of hydrogen-bond donors (Lipinski definition) is 1. The van der Waals surface area contributed by atoms with Gasteiger partial charge in [-0.15, -0.1) is 0 Å². The summed E-state index contributed by atoms with van der Waals surface area (Å²) in [5.41, 5.74) is 0.906. The maximum atomic E-state index is 11.7.